The molecule has 1 atom stereocenters. The van der Waals surface area contributed by atoms with Gasteiger partial charge in [-0.1, -0.05) is 86.7 Å². The summed E-state index contributed by atoms with van der Waals surface area (Å²) in [4.78, 5) is 2.38. The normalized spacial score (nSPS) is 17.5. The molecule has 11 heteroatoms. The lowest BCUT2D eigenvalue weighted by Gasteiger charge is -2.44. The Morgan fingerprint density at radius 2 is 1.21 bits per heavy atom. The lowest BCUT2D eigenvalue weighted by Crippen LogP contribution is -2.57. The molecule has 1 fully saturated rings. The highest BCUT2D eigenvalue weighted by molar-refractivity contribution is 6.61. The first kappa shape index (κ1) is 55.1. The summed E-state index contributed by atoms with van der Waals surface area (Å²) in [5, 5.41) is 1.99. The van der Waals surface area contributed by atoms with E-state index in [4.69, 9.17) is 41.7 Å². The molecule has 0 radical (unpaired) electrons. The molecule has 9 rings (SSSR count). The van der Waals surface area contributed by atoms with Crippen LogP contribution in [0.25, 0.3) is 39.1 Å². The van der Waals surface area contributed by atoms with Crippen molar-refractivity contribution in [2.45, 2.75) is 136 Å². The fraction of sp³-hybridized carbons (Fsp3) is 0.446. The zero-order valence-corrected chi connectivity index (χ0v) is 48.8. The molecule has 6 aromatic carbocycles. The average molecular weight is 1050 g/mol. The molecule has 0 saturated carbocycles. The largest absolute Gasteiger partial charge is 0.502 e. The van der Waals surface area contributed by atoms with E-state index >= 15 is 0 Å². The fourth-order valence-corrected chi connectivity index (χ4v) is 15.4. The molecule has 0 N–H and O–H groups in total. The van der Waals surface area contributed by atoms with E-state index in [0.29, 0.717) is 50.4 Å². The standard InChI is InChI=1S/C65H81NO9Si/c1-60(2,3)73-76(74-61(4,5)6,75-62(7,8)9)40-33-63(10,11)71-39-38-70-49-28-24-47(25-29-49)65(46-22-26-48(27-23-46)66-34-36-69-37-35-66)32-31-51-58-57(52-42-55(67-14)56(68-15)43-53(52)59(51)72-65)50-30-21-45(41-54(50)64(58,12)13)44-19-17-16-18-20-44/h16-32,41-43H,33-40H2,1-15H3. The van der Waals surface area contributed by atoms with E-state index in [0.717, 1.165) is 57.7 Å². The summed E-state index contributed by atoms with van der Waals surface area (Å²) in [7, 11) is 0.189. The topological polar surface area (TPSA) is 86.3 Å². The van der Waals surface area contributed by atoms with E-state index in [2.05, 4.69) is 204 Å². The molecule has 0 amide bonds. The van der Waals surface area contributed by atoms with Crippen LogP contribution in [0.1, 0.15) is 124 Å². The van der Waals surface area contributed by atoms with Gasteiger partial charge in [-0.05, 0) is 170 Å². The maximum Gasteiger partial charge on any atom is 0.502 e. The van der Waals surface area contributed by atoms with Gasteiger partial charge >= 0.3 is 8.80 Å². The van der Waals surface area contributed by atoms with Gasteiger partial charge in [0, 0.05) is 52.3 Å². The molecule has 0 bridgehead atoms. The van der Waals surface area contributed by atoms with Crippen LogP contribution in [-0.4, -0.2) is 84.9 Å². The highest BCUT2D eigenvalue weighted by Crippen LogP contribution is 2.59. The van der Waals surface area contributed by atoms with E-state index in [1.165, 1.54) is 33.4 Å². The number of hydrogen-bond donors (Lipinski definition) is 0. The second-order valence-corrected chi connectivity index (χ2v) is 27.1. The molecule has 0 spiro atoms. The summed E-state index contributed by atoms with van der Waals surface area (Å²) in [6.45, 7) is 31.3. The molecule has 3 aliphatic rings. The molecule has 2 heterocycles. The van der Waals surface area contributed by atoms with Gasteiger partial charge in [-0.15, -0.1) is 0 Å². The van der Waals surface area contributed by atoms with Crippen molar-refractivity contribution in [2.24, 2.45) is 0 Å². The maximum absolute atomic E-state index is 7.77. The summed E-state index contributed by atoms with van der Waals surface area (Å²) in [6, 6.07) is 39.5. The van der Waals surface area contributed by atoms with Crippen molar-refractivity contribution < 1.29 is 41.7 Å². The number of benzene rings is 6. The van der Waals surface area contributed by atoms with Crippen molar-refractivity contribution in [1.82, 2.24) is 0 Å². The van der Waals surface area contributed by atoms with E-state index in [1.807, 2.05) is 12.1 Å². The van der Waals surface area contributed by atoms with E-state index in [-0.39, 0.29) is 5.41 Å². The molecule has 76 heavy (non-hydrogen) atoms. The number of hydrogen-bond acceptors (Lipinski definition) is 10. The first-order chi connectivity index (χ1) is 35.8. The van der Waals surface area contributed by atoms with Crippen LogP contribution >= 0.6 is 0 Å². The minimum atomic E-state index is -3.20. The number of fused-ring (bicyclic) bond motifs is 8. The van der Waals surface area contributed by atoms with Crippen LogP contribution in [0.3, 0.4) is 0 Å². The second-order valence-electron chi connectivity index (χ2n) is 24.6. The second kappa shape index (κ2) is 20.9. The van der Waals surface area contributed by atoms with Crippen molar-refractivity contribution in [3.05, 3.63) is 143 Å². The number of morpholine rings is 1. The predicted molar refractivity (Wildman–Crippen MR) is 310 cm³/mol. The number of methoxy groups -OCH3 is 2. The summed E-state index contributed by atoms with van der Waals surface area (Å²) >= 11 is 0. The van der Waals surface area contributed by atoms with Crippen molar-refractivity contribution >= 4 is 31.3 Å². The number of anilines is 1. The Hall–Kier alpha value is -5.66. The molecular weight excluding hydrogens is 967 g/mol. The number of nitrogens with zero attached hydrogens (tertiary/aromatic N) is 1. The molecule has 1 aliphatic carbocycles. The zero-order chi connectivity index (χ0) is 54.5. The van der Waals surface area contributed by atoms with Gasteiger partial charge in [0.25, 0.3) is 0 Å². The third-order valence-electron chi connectivity index (χ3n) is 14.5. The molecular formula is C65H81NO9Si. The highest BCUT2D eigenvalue weighted by Gasteiger charge is 2.51. The molecule has 10 nitrogen and oxygen atoms in total. The average Bonchev–Trinajstić information content (AvgIpc) is 3.63. The van der Waals surface area contributed by atoms with Gasteiger partial charge < -0.3 is 46.6 Å². The van der Waals surface area contributed by atoms with Crippen LogP contribution < -0.4 is 23.8 Å². The predicted octanol–water partition coefficient (Wildman–Crippen LogP) is 15.0. The maximum atomic E-state index is 7.77. The lowest BCUT2D eigenvalue weighted by molar-refractivity contribution is -0.0823. The lowest BCUT2D eigenvalue weighted by atomic mass is 9.76. The van der Waals surface area contributed by atoms with Gasteiger partial charge in [0.1, 0.15) is 18.1 Å². The number of rotatable bonds is 17. The first-order valence-electron chi connectivity index (χ1n) is 27.1. The molecule has 1 unspecified atom stereocenters. The molecule has 6 aromatic rings. The summed E-state index contributed by atoms with van der Waals surface area (Å²) in [5.74, 6) is 2.82. The molecule has 1 saturated heterocycles. The quantitative estimate of drug-likeness (QED) is 0.0650. The van der Waals surface area contributed by atoms with E-state index in [1.54, 1.807) is 14.2 Å². The third-order valence-corrected chi connectivity index (χ3v) is 18.1. The molecule has 0 aromatic heterocycles. The van der Waals surface area contributed by atoms with Crippen LogP contribution in [-0.2, 0) is 33.8 Å². The van der Waals surface area contributed by atoms with Gasteiger partial charge in [0.05, 0.1) is 56.4 Å². The minimum absolute atomic E-state index is 0.367. The third kappa shape index (κ3) is 11.6. The Labute approximate surface area is 453 Å². The monoisotopic (exact) mass is 1050 g/mol. The fourth-order valence-electron chi connectivity index (χ4n) is 11.3. The summed E-state index contributed by atoms with van der Waals surface area (Å²) in [5.41, 5.74) is 8.18. The van der Waals surface area contributed by atoms with Crippen molar-refractivity contribution in [1.29, 1.82) is 0 Å². The number of ether oxygens (including phenoxy) is 6. The van der Waals surface area contributed by atoms with E-state index in [9.17, 15) is 0 Å². The Morgan fingerprint density at radius 1 is 0.632 bits per heavy atom. The van der Waals surface area contributed by atoms with Crippen LogP contribution in [0, 0.1) is 0 Å². The summed E-state index contributed by atoms with van der Waals surface area (Å²) in [6.07, 6.45) is 5.22. The van der Waals surface area contributed by atoms with Gasteiger partial charge in [0.15, 0.2) is 17.1 Å². The Kier molecular flexibility index (Phi) is 15.2. The Bertz CT molecular complexity index is 3010. The van der Waals surface area contributed by atoms with Crippen molar-refractivity contribution in [3.8, 4) is 45.3 Å². The van der Waals surface area contributed by atoms with Gasteiger partial charge in [-0.25, -0.2) is 0 Å². The first-order valence-corrected chi connectivity index (χ1v) is 29.0. The summed E-state index contributed by atoms with van der Waals surface area (Å²) < 4.78 is 58.8. The zero-order valence-electron chi connectivity index (χ0n) is 47.8. The van der Waals surface area contributed by atoms with Crippen LogP contribution in [0.5, 0.6) is 23.0 Å². The van der Waals surface area contributed by atoms with Gasteiger partial charge in [0.2, 0.25) is 0 Å². The molecule has 404 valence electrons. The molecule has 2 aliphatic heterocycles. The van der Waals surface area contributed by atoms with Gasteiger partial charge in [-0.2, -0.15) is 0 Å². The van der Waals surface area contributed by atoms with Crippen molar-refractivity contribution in [2.75, 3.05) is 58.6 Å². The highest BCUT2D eigenvalue weighted by atomic mass is 28.4. The van der Waals surface area contributed by atoms with E-state index < -0.39 is 36.8 Å². The SMILES string of the molecule is COc1cc2c3c(c4c(c2cc1OC)-c1ccc(-c2ccccc2)cc1C4(C)C)C=CC(c1ccc(OCCOC(C)(C)CC[Si](OC(C)(C)C)(OC(C)(C)C)OC(C)(C)C)cc1)(c1ccc(N2CCOCC2)cc1)O3. The van der Waals surface area contributed by atoms with Crippen molar-refractivity contribution in [3.63, 3.8) is 0 Å². The van der Waals surface area contributed by atoms with Crippen LogP contribution in [0.4, 0.5) is 5.69 Å². The van der Waals surface area contributed by atoms with Crippen LogP contribution in [0.2, 0.25) is 6.04 Å². The Balaban J connectivity index is 1.04. The minimum Gasteiger partial charge on any atom is -0.493 e. The Morgan fingerprint density at radius 3 is 1.79 bits per heavy atom. The van der Waals surface area contributed by atoms with Gasteiger partial charge in [-0.3, -0.25) is 0 Å². The van der Waals surface area contributed by atoms with Crippen LogP contribution in [0.15, 0.2) is 115 Å². The smallest absolute Gasteiger partial charge is 0.493 e.